The molecule has 84 valence electrons. The Morgan fingerprint density at radius 1 is 1.33 bits per heavy atom. The maximum atomic E-state index is 6.07. The number of rotatable bonds is 6. The highest BCUT2D eigenvalue weighted by atomic mass is 35.5. The van der Waals surface area contributed by atoms with Gasteiger partial charge in [0.25, 0.3) is 0 Å². The molecule has 0 aliphatic carbocycles. The van der Waals surface area contributed by atoms with Crippen LogP contribution < -0.4 is 10.1 Å². The molecule has 0 aliphatic rings. The minimum absolute atomic E-state index is 0.643. The fourth-order valence-electron chi connectivity index (χ4n) is 1.40. The van der Waals surface area contributed by atoms with Gasteiger partial charge in [0.2, 0.25) is 0 Å². The summed E-state index contributed by atoms with van der Waals surface area (Å²) in [6, 6.07) is 5.85. The topological polar surface area (TPSA) is 21.3 Å². The van der Waals surface area contributed by atoms with Gasteiger partial charge in [0, 0.05) is 12.1 Å². The normalized spacial score (nSPS) is 10.3. The Kier molecular flexibility index (Phi) is 5.51. The summed E-state index contributed by atoms with van der Waals surface area (Å²) < 4.78 is 5.53. The number of benzene rings is 1. The summed E-state index contributed by atoms with van der Waals surface area (Å²) in [5.41, 5.74) is 1.12. The molecular weight excluding hydrogens is 210 g/mol. The molecule has 0 spiro atoms. The number of hydrogen-bond acceptors (Lipinski definition) is 2. The summed E-state index contributed by atoms with van der Waals surface area (Å²) in [7, 11) is 0. The van der Waals surface area contributed by atoms with Crippen LogP contribution in [-0.2, 0) is 6.54 Å². The molecule has 1 aromatic carbocycles. The van der Waals surface area contributed by atoms with Crippen molar-refractivity contribution < 1.29 is 4.74 Å². The Bertz CT molecular complexity index is 302. The van der Waals surface area contributed by atoms with Crippen LogP contribution in [-0.4, -0.2) is 13.2 Å². The smallest absolute Gasteiger partial charge is 0.142 e. The van der Waals surface area contributed by atoms with Crippen LogP contribution in [0.4, 0.5) is 0 Å². The summed E-state index contributed by atoms with van der Waals surface area (Å²) in [4.78, 5) is 0. The predicted molar refractivity (Wildman–Crippen MR) is 64.6 cm³/mol. The van der Waals surface area contributed by atoms with E-state index in [2.05, 4.69) is 12.2 Å². The van der Waals surface area contributed by atoms with E-state index in [0.717, 1.165) is 30.8 Å². The molecule has 0 unspecified atom stereocenters. The quantitative estimate of drug-likeness (QED) is 0.754. The van der Waals surface area contributed by atoms with Gasteiger partial charge in [-0.3, -0.25) is 0 Å². The standard InChI is InChI=1S/C12H18ClNO/c1-3-8-14-9-10-6-5-7-11(13)12(10)15-4-2/h5-7,14H,3-4,8-9H2,1-2H3. The fraction of sp³-hybridized carbons (Fsp3) is 0.500. The highest BCUT2D eigenvalue weighted by Gasteiger charge is 2.06. The predicted octanol–water partition coefficient (Wildman–Crippen LogP) is 3.24. The van der Waals surface area contributed by atoms with Crippen molar-refractivity contribution >= 4 is 11.6 Å². The van der Waals surface area contributed by atoms with E-state index in [1.165, 1.54) is 0 Å². The first-order valence-corrected chi connectivity index (χ1v) is 5.78. The number of halogens is 1. The van der Waals surface area contributed by atoms with Crippen LogP contribution >= 0.6 is 11.6 Å². The van der Waals surface area contributed by atoms with Crippen molar-refractivity contribution in [1.29, 1.82) is 0 Å². The Hall–Kier alpha value is -0.730. The third-order valence-corrected chi connectivity index (χ3v) is 2.38. The molecule has 0 saturated heterocycles. The molecule has 0 fully saturated rings. The number of hydrogen-bond donors (Lipinski definition) is 1. The SMILES string of the molecule is CCCNCc1cccc(Cl)c1OCC. The lowest BCUT2D eigenvalue weighted by atomic mass is 10.2. The molecule has 1 N–H and O–H groups in total. The van der Waals surface area contributed by atoms with E-state index in [1.54, 1.807) is 0 Å². The number of nitrogens with one attached hydrogen (secondary N) is 1. The van der Waals surface area contributed by atoms with E-state index in [-0.39, 0.29) is 0 Å². The van der Waals surface area contributed by atoms with Gasteiger partial charge in [-0.2, -0.15) is 0 Å². The summed E-state index contributed by atoms with van der Waals surface area (Å²) in [6.45, 7) is 6.58. The summed E-state index contributed by atoms with van der Waals surface area (Å²) in [5, 5.41) is 4.03. The molecule has 0 aromatic heterocycles. The minimum Gasteiger partial charge on any atom is -0.492 e. The first-order chi connectivity index (χ1) is 7.29. The van der Waals surface area contributed by atoms with Crippen LogP contribution in [0.25, 0.3) is 0 Å². The van der Waals surface area contributed by atoms with E-state index < -0.39 is 0 Å². The lowest BCUT2D eigenvalue weighted by molar-refractivity contribution is 0.335. The van der Waals surface area contributed by atoms with Gasteiger partial charge in [-0.1, -0.05) is 30.7 Å². The van der Waals surface area contributed by atoms with Crippen LogP contribution in [0.2, 0.25) is 5.02 Å². The molecule has 1 aromatic rings. The number of para-hydroxylation sites is 1. The molecule has 0 atom stereocenters. The van der Waals surface area contributed by atoms with Gasteiger partial charge in [0.15, 0.2) is 0 Å². The second-order valence-electron chi connectivity index (χ2n) is 3.34. The molecule has 0 radical (unpaired) electrons. The van der Waals surface area contributed by atoms with Gasteiger partial charge >= 0.3 is 0 Å². The molecule has 0 amide bonds. The average Bonchev–Trinajstić information content (AvgIpc) is 2.23. The van der Waals surface area contributed by atoms with E-state index in [9.17, 15) is 0 Å². The van der Waals surface area contributed by atoms with Gasteiger partial charge < -0.3 is 10.1 Å². The van der Waals surface area contributed by atoms with Crippen molar-refractivity contribution in [2.24, 2.45) is 0 Å². The highest BCUT2D eigenvalue weighted by Crippen LogP contribution is 2.28. The zero-order valence-corrected chi connectivity index (χ0v) is 10.1. The molecule has 15 heavy (non-hydrogen) atoms. The Balaban J connectivity index is 2.71. The van der Waals surface area contributed by atoms with E-state index in [1.807, 2.05) is 25.1 Å². The van der Waals surface area contributed by atoms with Crippen molar-refractivity contribution in [3.8, 4) is 5.75 Å². The van der Waals surface area contributed by atoms with Crippen molar-refractivity contribution in [1.82, 2.24) is 5.32 Å². The Morgan fingerprint density at radius 2 is 2.13 bits per heavy atom. The van der Waals surface area contributed by atoms with Crippen LogP contribution in [0.5, 0.6) is 5.75 Å². The monoisotopic (exact) mass is 227 g/mol. The maximum absolute atomic E-state index is 6.07. The Morgan fingerprint density at radius 3 is 2.80 bits per heavy atom. The largest absolute Gasteiger partial charge is 0.492 e. The summed E-state index contributed by atoms with van der Waals surface area (Å²) in [6.07, 6.45) is 1.13. The van der Waals surface area contributed by atoms with Crippen LogP contribution in [0.3, 0.4) is 0 Å². The van der Waals surface area contributed by atoms with Crippen molar-refractivity contribution in [2.75, 3.05) is 13.2 Å². The molecule has 0 bridgehead atoms. The van der Waals surface area contributed by atoms with E-state index in [0.29, 0.717) is 11.6 Å². The zero-order valence-electron chi connectivity index (χ0n) is 9.35. The molecule has 3 heteroatoms. The Labute approximate surface area is 96.6 Å². The number of ether oxygens (including phenoxy) is 1. The molecule has 1 rings (SSSR count). The van der Waals surface area contributed by atoms with Crippen molar-refractivity contribution in [2.45, 2.75) is 26.8 Å². The van der Waals surface area contributed by atoms with Gasteiger partial charge in [0.1, 0.15) is 5.75 Å². The van der Waals surface area contributed by atoms with Gasteiger partial charge in [-0.15, -0.1) is 0 Å². The molecule has 0 heterocycles. The third-order valence-electron chi connectivity index (χ3n) is 2.08. The molecule has 2 nitrogen and oxygen atoms in total. The third kappa shape index (κ3) is 3.73. The second kappa shape index (κ2) is 6.70. The minimum atomic E-state index is 0.643. The zero-order chi connectivity index (χ0) is 11.1. The van der Waals surface area contributed by atoms with Gasteiger partial charge in [-0.25, -0.2) is 0 Å². The fourth-order valence-corrected chi connectivity index (χ4v) is 1.65. The van der Waals surface area contributed by atoms with Crippen LogP contribution in [0.15, 0.2) is 18.2 Å². The molecular formula is C12H18ClNO. The maximum Gasteiger partial charge on any atom is 0.142 e. The lowest BCUT2D eigenvalue weighted by Gasteiger charge is -2.12. The van der Waals surface area contributed by atoms with Crippen LogP contribution in [0, 0.1) is 0 Å². The first kappa shape index (κ1) is 12.3. The van der Waals surface area contributed by atoms with Gasteiger partial charge in [-0.05, 0) is 26.0 Å². The highest BCUT2D eigenvalue weighted by molar-refractivity contribution is 6.32. The van der Waals surface area contributed by atoms with E-state index in [4.69, 9.17) is 16.3 Å². The summed E-state index contributed by atoms with van der Waals surface area (Å²) >= 11 is 6.07. The van der Waals surface area contributed by atoms with Gasteiger partial charge in [0.05, 0.1) is 11.6 Å². The molecule has 0 aliphatic heterocycles. The van der Waals surface area contributed by atoms with Crippen molar-refractivity contribution in [3.63, 3.8) is 0 Å². The second-order valence-corrected chi connectivity index (χ2v) is 3.75. The van der Waals surface area contributed by atoms with Crippen LogP contribution in [0.1, 0.15) is 25.8 Å². The molecule has 0 saturated carbocycles. The average molecular weight is 228 g/mol. The first-order valence-electron chi connectivity index (χ1n) is 5.40. The van der Waals surface area contributed by atoms with E-state index >= 15 is 0 Å². The lowest BCUT2D eigenvalue weighted by Crippen LogP contribution is -2.14. The summed E-state index contributed by atoms with van der Waals surface area (Å²) in [5.74, 6) is 0.810. The van der Waals surface area contributed by atoms with Crippen molar-refractivity contribution in [3.05, 3.63) is 28.8 Å².